The van der Waals surface area contributed by atoms with Gasteiger partial charge in [-0.1, -0.05) is 24.3 Å². The van der Waals surface area contributed by atoms with E-state index < -0.39 is 18.0 Å². The third-order valence-corrected chi connectivity index (χ3v) is 4.84. The van der Waals surface area contributed by atoms with Gasteiger partial charge in [-0.05, 0) is 29.3 Å². The van der Waals surface area contributed by atoms with Crippen molar-refractivity contribution in [2.45, 2.75) is 26.0 Å². The van der Waals surface area contributed by atoms with E-state index in [9.17, 15) is 18.8 Å². The normalized spacial score (nSPS) is 15.5. The Morgan fingerprint density at radius 3 is 2.58 bits per heavy atom. The highest BCUT2D eigenvalue weighted by Gasteiger charge is 2.32. The molecule has 3 rings (SSSR count). The van der Waals surface area contributed by atoms with Gasteiger partial charge in [-0.25, -0.2) is 9.18 Å². The Kier molecular flexibility index (Phi) is 7.19. The van der Waals surface area contributed by atoms with Crippen LogP contribution >= 0.6 is 0 Å². The predicted molar refractivity (Wildman–Crippen MR) is 114 cm³/mol. The second-order valence-corrected chi connectivity index (χ2v) is 7.23. The van der Waals surface area contributed by atoms with Crippen LogP contribution in [0.5, 0.6) is 0 Å². The lowest BCUT2D eigenvalue weighted by atomic mass is 10.0. The first-order valence-corrected chi connectivity index (χ1v) is 9.95. The fourth-order valence-electron chi connectivity index (χ4n) is 3.22. The molecule has 2 aromatic carbocycles. The average molecular weight is 428 g/mol. The molecule has 0 unspecified atom stereocenters. The number of anilines is 1. The minimum absolute atomic E-state index is 0.118. The van der Waals surface area contributed by atoms with Gasteiger partial charge < -0.3 is 21.1 Å². The zero-order chi connectivity index (χ0) is 22.4. The minimum Gasteiger partial charge on any atom is -0.442 e. The van der Waals surface area contributed by atoms with Gasteiger partial charge in [0.05, 0.1) is 18.8 Å². The van der Waals surface area contributed by atoms with Crippen LogP contribution in [0.25, 0.3) is 11.1 Å². The van der Waals surface area contributed by atoms with Crippen LogP contribution in [0, 0.1) is 5.82 Å². The minimum atomic E-state index is -0.580. The van der Waals surface area contributed by atoms with Gasteiger partial charge in [0.2, 0.25) is 11.8 Å². The van der Waals surface area contributed by atoms with E-state index in [-0.39, 0.29) is 31.3 Å². The molecule has 0 saturated carbocycles. The molecule has 1 atom stereocenters. The second-order valence-electron chi connectivity index (χ2n) is 7.23. The summed E-state index contributed by atoms with van der Waals surface area (Å²) in [5.41, 5.74) is 7.68. The molecule has 164 valence electrons. The van der Waals surface area contributed by atoms with Gasteiger partial charge in [-0.2, -0.15) is 0 Å². The number of hydrogen-bond acceptors (Lipinski definition) is 5. The summed E-state index contributed by atoms with van der Waals surface area (Å²) in [5.74, 6) is -0.804. The van der Waals surface area contributed by atoms with Crippen LogP contribution in [0.15, 0.2) is 42.5 Å². The Morgan fingerprint density at radius 2 is 1.94 bits per heavy atom. The third kappa shape index (κ3) is 5.79. The van der Waals surface area contributed by atoms with Gasteiger partial charge in [-0.3, -0.25) is 14.5 Å². The summed E-state index contributed by atoms with van der Waals surface area (Å²) >= 11 is 0. The molecule has 0 bridgehead atoms. The predicted octanol–water partition coefficient (Wildman–Crippen LogP) is 1.92. The zero-order valence-corrected chi connectivity index (χ0v) is 17.2. The van der Waals surface area contributed by atoms with E-state index in [0.717, 1.165) is 5.56 Å². The molecule has 2 aromatic rings. The van der Waals surface area contributed by atoms with Gasteiger partial charge >= 0.3 is 6.09 Å². The van der Waals surface area contributed by atoms with E-state index in [4.69, 9.17) is 10.5 Å². The number of nitrogens with two attached hydrogens (primary N) is 1. The van der Waals surface area contributed by atoms with Crippen molar-refractivity contribution in [2.24, 2.45) is 5.73 Å². The maximum Gasteiger partial charge on any atom is 0.414 e. The van der Waals surface area contributed by atoms with E-state index in [1.165, 1.54) is 17.9 Å². The summed E-state index contributed by atoms with van der Waals surface area (Å²) in [6, 6.07) is 11.7. The van der Waals surface area contributed by atoms with Crippen LogP contribution in [-0.2, 0) is 20.9 Å². The maximum atomic E-state index is 14.8. The van der Waals surface area contributed by atoms with Crippen LogP contribution in [0.2, 0.25) is 0 Å². The van der Waals surface area contributed by atoms with E-state index in [2.05, 4.69) is 10.6 Å². The first-order valence-electron chi connectivity index (χ1n) is 9.95. The summed E-state index contributed by atoms with van der Waals surface area (Å²) in [5, 5.41) is 5.37. The number of hydrogen-bond donors (Lipinski definition) is 3. The number of nitrogens with zero attached hydrogens (tertiary/aromatic N) is 1. The molecule has 0 aromatic heterocycles. The highest BCUT2D eigenvalue weighted by Crippen LogP contribution is 2.29. The fraction of sp³-hybridized carbons (Fsp3) is 0.318. The zero-order valence-electron chi connectivity index (χ0n) is 17.2. The van der Waals surface area contributed by atoms with Crippen molar-refractivity contribution < 1.29 is 23.5 Å². The lowest BCUT2D eigenvalue weighted by molar-refractivity contribution is -0.121. The molecule has 1 heterocycles. The fourth-order valence-corrected chi connectivity index (χ4v) is 3.22. The smallest absolute Gasteiger partial charge is 0.414 e. The second kappa shape index (κ2) is 10.0. The number of carbonyl (C=O) groups excluding carboxylic acids is 3. The van der Waals surface area contributed by atoms with Gasteiger partial charge in [0.25, 0.3) is 0 Å². The summed E-state index contributed by atoms with van der Waals surface area (Å²) < 4.78 is 20.0. The van der Waals surface area contributed by atoms with Gasteiger partial charge in [0.1, 0.15) is 11.9 Å². The van der Waals surface area contributed by atoms with Gasteiger partial charge in [0, 0.05) is 32.0 Å². The first kappa shape index (κ1) is 22.2. The van der Waals surface area contributed by atoms with Crippen molar-refractivity contribution in [1.82, 2.24) is 10.6 Å². The van der Waals surface area contributed by atoms with Crippen LogP contribution < -0.4 is 21.3 Å². The van der Waals surface area contributed by atoms with Crippen molar-refractivity contribution in [3.8, 4) is 11.1 Å². The van der Waals surface area contributed by atoms with Gasteiger partial charge in [-0.15, -0.1) is 0 Å². The van der Waals surface area contributed by atoms with Crippen molar-refractivity contribution in [3.05, 3.63) is 53.8 Å². The Labute approximate surface area is 179 Å². The third-order valence-electron chi connectivity index (χ3n) is 4.84. The molecule has 1 saturated heterocycles. The quantitative estimate of drug-likeness (QED) is 0.595. The molecule has 0 radical (unpaired) electrons. The van der Waals surface area contributed by atoms with E-state index in [0.29, 0.717) is 29.9 Å². The lowest BCUT2D eigenvalue weighted by Gasteiger charge is -2.15. The Balaban J connectivity index is 1.66. The molecule has 4 N–H and O–H groups in total. The number of nitrogens with one attached hydrogen (secondary N) is 2. The van der Waals surface area contributed by atoms with E-state index in [1.54, 1.807) is 24.3 Å². The van der Waals surface area contributed by atoms with Crippen molar-refractivity contribution in [3.63, 3.8) is 0 Å². The topological polar surface area (TPSA) is 114 Å². The molecule has 3 amide bonds. The molecular weight excluding hydrogens is 403 g/mol. The van der Waals surface area contributed by atoms with Crippen molar-refractivity contribution >= 4 is 23.6 Å². The van der Waals surface area contributed by atoms with Crippen LogP contribution in [-0.4, -0.2) is 43.6 Å². The molecule has 8 nitrogen and oxygen atoms in total. The van der Waals surface area contributed by atoms with Crippen molar-refractivity contribution in [1.29, 1.82) is 0 Å². The first-order chi connectivity index (χ1) is 14.9. The van der Waals surface area contributed by atoms with Crippen molar-refractivity contribution in [2.75, 3.05) is 24.5 Å². The number of ether oxygens (including phenoxy) is 1. The van der Waals surface area contributed by atoms with Gasteiger partial charge in [0.15, 0.2) is 0 Å². The molecular formula is C22H25FN4O4. The number of halogens is 1. The Bertz CT molecular complexity index is 964. The SMILES string of the molecule is CC(=O)NC[C@H]1CN(c2ccc(-c3ccc(CNC(=O)CCN)cc3)c(F)c2)C(=O)O1. The molecule has 0 spiro atoms. The van der Waals surface area contributed by atoms with Crippen LogP contribution in [0.4, 0.5) is 14.9 Å². The summed E-state index contributed by atoms with van der Waals surface area (Å²) in [6.45, 7) is 2.48. The summed E-state index contributed by atoms with van der Waals surface area (Å²) in [6.07, 6.45) is -0.797. The number of amides is 3. The maximum absolute atomic E-state index is 14.8. The molecule has 1 aliphatic rings. The molecule has 1 fully saturated rings. The molecule has 31 heavy (non-hydrogen) atoms. The Hall–Kier alpha value is -3.46. The standard InChI is InChI=1S/C22H25FN4O4/c1-14(28)25-12-18-13-27(22(30)31-18)17-6-7-19(20(23)10-17)16-4-2-15(3-5-16)11-26-21(29)8-9-24/h2-7,10,18H,8-9,11-13,24H2,1H3,(H,25,28)(H,26,29)/t18-/m0/s1. The molecule has 9 heteroatoms. The average Bonchev–Trinajstić information content (AvgIpc) is 3.12. The largest absolute Gasteiger partial charge is 0.442 e. The number of carbonyl (C=O) groups is 3. The molecule has 0 aliphatic carbocycles. The highest BCUT2D eigenvalue weighted by molar-refractivity contribution is 5.90. The summed E-state index contributed by atoms with van der Waals surface area (Å²) in [4.78, 5) is 36.0. The monoisotopic (exact) mass is 428 g/mol. The number of benzene rings is 2. The van der Waals surface area contributed by atoms with E-state index in [1.807, 2.05) is 12.1 Å². The summed E-state index contributed by atoms with van der Waals surface area (Å²) in [7, 11) is 0. The Morgan fingerprint density at radius 1 is 1.19 bits per heavy atom. The highest BCUT2D eigenvalue weighted by atomic mass is 19.1. The van der Waals surface area contributed by atoms with E-state index >= 15 is 0 Å². The number of cyclic esters (lactones) is 1. The van der Waals surface area contributed by atoms with Crippen LogP contribution in [0.1, 0.15) is 18.9 Å². The van der Waals surface area contributed by atoms with Crippen LogP contribution in [0.3, 0.4) is 0 Å². The lowest BCUT2D eigenvalue weighted by Crippen LogP contribution is -2.33. The number of rotatable bonds is 8. The molecule has 1 aliphatic heterocycles.